The van der Waals surface area contributed by atoms with Gasteiger partial charge in [0.1, 0.15) is 17.2 Å². The van der Waals surface area contributed by atoms with Crippen LogP contribution in [0.2, 0.25) is 0 Å². The van der Waals surface area contributed by atoms with E-state index in [1.165, 1.54) is 18.2 Å². The first kappa shape index (κ1) is 20.1. The van der Waals surface area contributed by atoms with Crippen molar-refractivity contribution in [1.29, 1.82) is 0 Å². The minimum Gasteiger partial charge on any atom is -0.449 e. The molecule has 29 heavy (non-hydrogen) atoms. The first-order valence-electron chi connectivity index (χ1n) is 8.93. The zero-order valence-corrected chi connectivity index (χ0v) is 15.8. The normalized spacial score (nSPS) is 10.7. The predicted octanol–water partition coefficient (Wildman–Crippen LogP) is 2.96. The Bertz CT molecular complexity index is 1100. The second-order valence-corrected chi connectivity index (χ2v) is 5.87. The lowest BCUT2D eigenvalue weighted by atomic mass is 10.2. The molecule has 0 bridgehead atoms. The third-order valence-electron chi connectivity index (χ3n) is 3.98. The molecule has 3 rings (SSSR count). The molecule has 10 heteroatoms. The topological polar surface area (TPSA) is 104 Å². The van der Waals surface area contributed by atoms with Crippen molar-refractivity contribution in [2.45, 2.75) is 20.4 Å². The van der Waals surface area contributed by atoms with Gasteiger partial charge < -0.3 is 14.8 Å². The molecule has 1 N–H and O–H groups in total. The van der Waals surface area contributed by atoms with E-state index >= 15 is 0 Å². The molecule has 0 saturated carbocycles. The number of carbonyl (C=O) groups excluding carboxylic acids is 2. The Hall–Kier alpha value is -3.69. The summed E-state index contributed by atoms with van der Waals surface area (Å²) in [6, 6.07) is 8.94. The number of ether oxygens (including phenoxy) is 2. The number of hydrogen-bond acceptors (Lipinski definition) is 7. The summed E-state index contributed by atoms with van der Waals surface area (Å²) in [4.78, 5) is 41.4. The zero-order chi connectivity index (χ0) is 21.0. The molecule has 0 fully saturated rings. The number of rotatable bonds is 5. The maximum absolute atomic E-state index is 13.0. The second kappa shape index (κ2) is 8.55. The van der Waals surface area contributed by atoms with Crippen molar-refractivity contribution in [2.75, 3.05) is 18.5 Å². The highest BCUT2D eigenvalue weighted by atomic mass is 19.1. The van der Waals surface area contributed by atoms with E-state index in [0.29, 0.717) is 16.9 Å². The Morgan fingerprint density at radius 2 is 1.62 bits per heavy atom. The fraction of sp³-hybridized carbons (Fsp3) is 0.263. The lowest BCUT2D eigenvalue weighted by Gasteiger charge is -2.07. The molecule has 152 valence electrons. The Labute approximate surface area is 164 Å². The van der Waals surface area contributed by atoms with Crippen molar-refractivity contribution < 1.29 is 23.5 Å². The first-order valence-corrected chi connectivity index (χ1v) is 8.93. The maximum Gasteiger partial charge on any atom is 0.424 e. The summed E-state index contributed by atoms with van der Waals surface area (Å²) in [5.41, 5.74) is -0.0697. The van der Waals surface area contributed by atoms with Crippen LogP contribution in [-0.2, 0) is 16.0 Å². The molecule has 9 nitrogen and oxygen atoms in total. The number of carbonyl (C=O) groups is 2. The summed E-state index contributed by atoms with van der Waals surface area (Å²) in [6.07, 6.45) is -1.87. The monoisotopic (exact) mass is 402 g/mol. The summed E-state index contributed by atoms with van der Waals surface area (Å²) in [5.74, 6) is 0.00735. The van der Waals surface area contributed by atoms with Gasteiger partial charge in [0, 0.05) is 6.54 Å². The largest absolute Gasteiger partial charge is 0.449 e. The molecule has 0 aliphatic rings. The van der Waals surface area contributed by atoms with E-state index in [1.807, 2.05) is 0 Å². The highest BCUT2D eigenvalue weighted by Crippen LogP contribution is 2.16. The van der Waals surface area contributed by atoms with Crippen molar-refractivity contribution in [3.8, 4) is 0 Å². The van der Waals surface area contributed by atoms with Gasteiger partial charge in [0.25, 0.3) is 0 Å². The second-order valence-electron chi connectivity index (χ2n) is 5.87. The number of hydrogen-bond donors (Lipinski definition) is 1. The molecule has 3 aromatic rings. The highest BCUT2D eigenvalue weighted by Gasteiger charge is 2.25. The van der Waals surface area contributed by atoms with Gasteiger partial charge in [-0.2, -0.15) is 9.13 Å². The van der Waals surface area contributed by atoms with Gasteiger partial charge in [0.15, 0.2) is 5.65 Å². The maximum atomic E-state index is 13.0. The SMILES string of the molecule is CCOC(=O)n1c(=O)n(C(=O)OCC)c2nc(NCc3ccc(F)cc3)ccc21. The van der Waals surface area contributed by atoms with Crippen LogP contribution < -0.4 is 11.0 Å². The quantitative estimate of drug-likeness (QED) is 0.700. The molecule has 0 aliphatic heterocycles. The summed E-state index contributed by atoms with van der Waals surface area (Å²) in [5, 5.41) is 3.03. The third kappa shape index (κ3) is 4.10. The molecular formula is C19H19FN4O5. The Morgan fingerprint density at radius 3 is 2.24 bits per heavy atom. The fourth-order valence-electron chi connectivity index (χ4n) is 2.68. The van der Waals surface area contributed by atoms with Crippen LogP contribution in [0.25, 0.3) is 11.2 Å². The molecule has 0 aliphatic carbocycles. The van der Waals surface area contributed by atoms with Crippen molar-refractivity contribution >= 4 is 29.2 Å². The van der Waals surface area contributed by atoms with Crippen LogP contribution in [0, 0.1) is 5.82 Å². The fourth-order valence-corrected chi connectivity index (χ4v) is 2.68. The van der Waals surface area contributed by atoms with Gasteiger partial charge in [-0.05, 0) is 43.7 Å². The minimum atomic E-state index is -0.950. The standard InChI is InChI=1S/C19H19FN4O5/c1-3-28-18(26)23-14-9-10-15(21-11-12-5-7-13(20)8-6-12)22-16(14)24(17(23)25)19(27)29-4-2/h5-10H,3-4,11H2,1-2H3,(H,21,22). The lowest BCUT2D eigenvalue weighted by Crippen LogP contribution is -2.33. The molecule has 2 aromatic heterocycles. The average molecular weight is 402 g/mol. The molecular weight excluding hydrogens is 383 g/mol. The van der Waals surface area contributed by atoms with Crippen molar-refractivity contribution in [2.24, 2.45) is 0 Å². The smallest absolute Gasteiger partial charge is 0.424 e. The molecule has 1 aromatic carbocycles. The van der Waals surface area contributed by atoms with Gasteiger partial charge in [-0.25, -0.2) is 23.8 Å². The summed E-state index contributed by atoms with van der Waals surface area (Å²) in [6.45, 7) is 3.63. The predicted molar refractivity (Wildman–Crippen MR) is 103 cm³/mol. The third-order valence-corrected chi connectivity index (χ3v) is 3.98. The lowest BCUT2D eigenvalue weighted by molar-refractivity contribution is 0.150. The van der Waals surface area contributed by atoms with Gasteiger partial charge in [0.05, 0.1) is 13.2 Å². The molecule has 0 spiro atoms. The number of halogens is 1. The zero-order valence-electron chi connectivity index (χ0n) is 15.8. The van der Waals surface area contributed by atoms with Gasteiger partial charge in [-0.15, -0.1) is 0 Å². The van der Waals surface area contributed by atoms with Crippen LogP contribution in [0.15, 0.2) is 41.2 Å². The van der Waals surface area contributed by atoms with E-state index in [-0.39, 0.29) is 30.2 Å². The summed E-state index contributed by atoms with van der Waals surface area (Å²) in [7, 11) is 0. The number of benzene rings is 1. The van der Waals surface area contributed by atoms with Gasteiger partial charge >= 0.3 is 17.9 Å². The van der Waals surface area contributed by atoms with Gasteiger partial charge in [-0.1, -0.05) is 12.1 Å². The van der Waals surface area contributed by atoms with E-state index in [4.69, 9.17) is 9.47 Å². The molecule has 0 unspecified atom stereocenters. The number of imidazole rings is 1. The van der Waals surface area contributed by atoms with Crippen LogP contribution in [0.5, 0.6) is 0 Å². The Balaban J connectivity index is 2.01. The van der Waals surface area contributed by atoms with Crippen LogP contribution in [0.3, 0.4) is 0 Å². The van der Waals surface area contributed by atoms with E-state index < -0.39 is 17.9 Å². The molecule has 2 heterocycles. The van der Waals surface area contributed by atoms with Crippen LogP contribution >= 0.6 is 0 Å². The summed E-state index contributed by atoms with van der Waals surface area (Å²) >= 11 is 0. The summed E-state index contributed by atoms with van der Waals surface area (Å²) < 4.78 is 24.2. The van der Waals surface area contributed by atoms with E-state index in [1.54, 1.807) is 32.0 Å². The average Bonchev–Trinajstić information content (AvgIpc) is 2.99. The van der Waals surface area contributed by atoms with Crippen LogP contribution in [-0.4, -0.2) is 39.5 Å². The number of pyridine rings is 1. The molecule has 0 saturated heterocycles. The Morgan fingerprint density at radius 1 is 1.00 bits per heavy atom. The number of fused-ring (bicyclic) bond motifs is 1. The van der Waals surface area contributed by atoms with Crippen molar-refractivity contribution in [3.05, 3.63) is 58.3 Å². The number of nitrogens with one attached hydrogen (secondary N) is 1. The number of anilines is 1. The molecule has 0 atom stereocenters. The highest BCUT2D eigenvalue weighted by molar-refractivity contribution is 5.91. The molecule has 0 radical (unpaired) electrons. The van der Waals surface area contributed by atoms with Gasteiger partial charge in [-0.3, -0.25) is 0 Å². The van der Waals surface area contributed by atoms with Crippen LogP contribution in [0.1, 0.15) is 19.4 Å². The number of nitrogens with zero attached hydrogens (tertiary/aromatic N) is 3. The van der Waals surface area contributed by atoms with Crippen molar-refractivity contribution in [1.82, 2.24) is 14.1 Å². The Kier molecular flexibility index (Phi) is 5.91. The van der Waals surface area contributed by atoms with Gasteiger partial charge in [0.2, 0.25) is 0 Å². The first-order chi connectivity index (χ1) is 14.0. The molecule has 0 amide bonds. The van der Waals surface area contributed by atoms with Crippen LogP contribution in [0.4, 0.5) is 19.8 Å². The number of aromatic nitrogens is 3. The van der Waals surface area contributed by atoms with E-state index in [9.17, 15) is 18.8 Å². The minimum absolute atomic E-state index is 0.0415. The van der Waals surface area contributed by atoms with E-state index in [2.05, 4.69) is 10.3 Å². The van der Waals surface area contributed by atoms with E-state index in [0.717, 1.165) is 10.1 Å². The van der Waals surface area contributed by atoms with Crippen molar-refractivity contribution in [3.63, 3.8) is 0 Å².